The molecule has 1 fully saturated rings. The molecule has 4 heteroatoms. The molecular weight excluding hydrogens is 249 g/mol. The minimum Gasteiger partial charge on any atom is -0.399 e. The van der Waals surface area contributed by atoms with Crippen LogP contribution in [0.1, 0.15) is 37.4 Å². The Kier molecular flexibility index (Phi) is 2.23. The molecule has 1 aromatic carbocycles. The molecule has 0 saturated carbocycles. The average Bonchev–Trinajstić information content (AvgIpc) is 2.65. The van der Waals surface area contributed by atoms with Crippen LogP contribution in [0.3, 0.4) is 0 Å². The predicted molar refractivity (Wildman–Crippen MR) is 82.2 cm³/mol. The number of pyridine rings is 1. The van der Waals surface area contributed by atoms with Gasteiger partial charge in [0.1, 0.15) is 0 Å². The van der Waals surface area contributed by atoms with E-state index in [0.29, 0.717) is 16.5 Å². The summed E-state index contributed by atoms with van der Waals surface area (Å²) in [6.07, 6.45) is 1.53. The van der Waals surface area contributed by atoms with Gasteiger partial charge >= 0.3 is 7.12 Å². The van der Waals surface area contributed by atoms with Crippen molar-refractivity contribution in [2.24, 2.45) is 0 Å². The molecule has 0 N–H and O–H groups in total. The highest BCUT2D eigenvalue weighted by Gasteiger charge is 2.51. The number of aromatic nitrogens is 1. The Balaban J connectivity index is 2.08. The Morgan fingerprint density at radius 1 is 1.10 bits per heavy atom. The minimum absolute atomic E-state index is 0.292. The zero-order chi connectivity index (χ0) is 17.0. The largest absolute Gasteiger partial charge is 0.494 e. The highest BCUT2D eigenvalue weighted by Crippen LogP contribution is 2.36. The summed E-state index contributed by atoms with van der Waals surface area (Å²) in [6, 6.07) is 7.04. The van der Waals surface area contributed by atoms with E-state index >= 15 is 0 Å². The quantitative estimate of drug-likeness (QED) is 0.748. The Bertz CT molecular complexity index is 743. The van der Waals surface area contributed by atoms with Crippen molar-refractivity contribution in [1.29, 1.82) is 0 Å². The van der Waals surface area contributed by atoms with Crippen molar-refractivity contribution < 1.29 is 13.4 Å². The molecule has 0 unspecified atom stereocenters. The summed E-state index contributed by atoms with van der Waals surface area (Å²) in [5, 5.41) is 0.611. The van der Waals surface area contributed by atoms with Gasteiger partial charge in [0.2, 0.25) is 0 Å². The maximum atomic E-state index is 7.70. The first-order valence-corrected chi connectivity index (χ1v) is 6.76. The van der Waals surface area contributed by atoms with E-state index in [9.17, 15) is 0 Å². The van der Waals surface area contributed by atoms with Gasteiger partial charge in [-0.15, -0.1) is 0 Å². The van der Waals surface area contributed by atoms with Crippen molar-refractivity contribution in [2.45, 2.75) is 45.7 Å². The van der Waals surface area contributed by atoms with E-state index in [1.54, 1.807) is 6.07 Å². The molecule has 20 heavy (non-hydrogen) atoms. The van der Waals surface area contributed by atoms with E-state index in [1.165, 1.54) is 6.20 Å². The van der Waals surface area contributed by atoms with Gasteiger partial charge in [0.05, 0.1) is 16.7 Å². The lowest BCUT2D eigenvalue weighted by Gasteiger charge is -2.32. The third-order valence-corrected chi connectivity index (χ3v) is 4.29. The minimum atomic E-state index is -2.18. The molecule has 1 saturated heterocycles. The normalized spacial score (nSPS) is 23.4. The van der Waals surface area contributed by atoms with Crippen LogP contribution >= 0.6 is 0 Å². The molecular formula is C16H20BNO2. The second-order valence-corrected chi connectivity index (χ2v) is 6.22. The van der Waals surface area contributed by atoms with Gasteiger partial charge in [0, 0.05) is 15.7 Å². The lowest BCUT2D eigenvalue weighted by atomic mass is 9.78. The lowest BCUT2D eigenvalue weighted by Crippen LogP contribution is -2.41. The summed E-state index contributed by atoms with van der Waals surface area (Å²) < 4.78 is 35.2. The van der Waals surface area contributed by atoms with Crippen LogP contribution in [0.25, 0.3) is 10.9 Å². The van der Waals surface area contributed by atoms with E-state index < -0.39 is 25.2 Å². The van der Waals surface area contributed by atoms with Crippen LogP contribution < -0.4 is 5.46 Å². The third kappa shape index (κ3) is 2.04. The Morgan fingerprint density at radius 2 is 1.80 bits per heavy atom. The van der Waals surface area contributed by atoms with Gasteiger partial charge in [-0.2, -0.15) is 0 Å². The molecule has 3 nitrogen and oxygen atoms in total. The number of hydrogen-bond acceptors (Lipinski definition) is 3. The van der Waals surface area contributed by atoms with Crippen LogP contribution in [0.15, 0.2) is 30.5 Å². The van der Waals surface area contributed by atoms with Crippen LogP contribution in [-0.2, 0) is 9.31 Å². The molecule has 2 heterocycles. The molecule has 0 spiro atoms. The second kappa shape index (κ2) is 4.30. The van der Waals surface area contributed by atoms with Crippen LogP contribution in [0, 0.1) is 6.85 Å². The molecule has 1 aliphatic heterocycles. The van der Waals surface area contributed by atoms with Crippen molar-refractivity contribution in [3.63, 3.8) is 0 Å². The van der Waals surface area contributed by atoms with E-state index in [0.717, 1.165) is 5.46 Å². The molecule has 1 aromatic heterocycles. The lowest BCUT2D eigenvalue weighted by molar-refractivity contribution is 0.00578. The first kappa shape index (κ1) is 10.4. The number of aryl methyl sites for hydroxylation is 1. The van der Waals surface area contributed by atoms with Crippen molar-refractivity contribution in [3.8, 4) is 0 Å². The van der Waals surface area contributed by atoms with Crippen LogP contribution in [0.5, 0.6) is 0 Å². The van der Waals surface area contributed by atoms with Gasteiger partial charge in [-0.1, -0.05) is 12.1 Å². The molecule has 0 aliphatic carbocycles. The zero-order valence-corrected chi connectivity index (χ0v) is 12.2. The maximum absolute atomic E-state index is 7.70. The third-order valence-electron chi connectivity index (χ3n) is 4.29. The number of benzene rings is 1. The van der Waals surface area contributed by atoms with Gasteiger partial charge < -0.3 is 9.31 Å². The van der Waals surface area contributed by atoms with Gasteiger partial charge in [-0.3, -0.25) is 4.98 Å². The Labute approximate surface area is 124 Å². The van der Waals surface area contributed by atoms with Gasteiger partial charge in [-0.05, 0) is 57.7 Å². The number of fused-ring (bicyclic) bond motifs is 1. The molecule has 3 rings (SSSR count). The van der Waals surface area contributed by atoms with Crippen molar-refractivity contribution in [2.75, 3.05) is 0 Å². The number of nitrogens with zero attached hydrogens (tertiary/aromatic N) is 1. The molecule has 1 aliphatic rings. The summed E-state index contributed by atoms with van der Waals surface area (Å²) in [4.78, 5) is 4.25. The number of hydrogen-bond donors (Lipinski definition) is 0. The topological polar surface area (TPSA) is 31.4 Å². The highest BCUT2D eigenvalue weighted by molar-refractivity contribution is 6.62. The smallest absolute Gasteiger partial charge is 0.399 e. The van der Waals surface area contributed by atoms with E-state index in [-0.39, 0.29) is 0 Å². The first-order valence-electron chi connectivity index (χ1n) is 8.26. The molecule has 0 radical (unpaired) electrons. The summed E-state index contributed by atoms with van der Waals surface area (Å²) in [5.41, 5.74) is 0.873. The van der Waals surface area contributed by atoms with Gasteiger partial charge in [0.15, 0.2) is 0 Å². The fraction of sp³-hybridized carbons (Fsp3) is 0.438. The summed E-state index contributed by atoms with van der Waals surface area (Å²) in [7, 11) is -0.519. The van der Waals surface area contributed by atoms with Crippen molar-refractivity contribution in [1.82, 2.24) is 4.98 Å². The fourth-order valence-electron chi connectivity index (χ4n) is 2.29. The SMILES string of the molecule is [2H]C([2H])([2H])c1ccnc2ccc(B3OC(C)(C)C(C)(C)O3)cc12. The van der Waals surface area contributed by atoms with Crippen LogP contribution in [-0.4, -0.2) is 23.3 Å². The summed E-state index contributed by atoms with van der Waals surface area (Å²) in [5.74, 6) is 0. The van der Waals surface area contributed by atoms with Crippen LogP contribution in [0.4, 0.5) is 0 Å². The second-order valence-electron chi connectivity index (χ2n) is 6.22. The van der Waals surface area contributed by atoms with E-state index in [1.807, 2.05) is 45.9 Å². The maximum Gasteiger partial charge on any atom is 0.494 e. The van der Waals surface area contributed by atoms with Crippen LogP contribution in [0.2, 0.25) is 0 Å². The van der Waals surface area contributed by atoms with Gasteiger partial charge in [0.25, 0.3) is 0 Å². The highest BCUT2D eigenvalue weighted by atomic mass is 16.7. The molecule has 104 valence electrons. The summed E-state index contributed by atoms with van der Waals surface area (Å²) in [6.45, 7) is 5.77. The predicted octanol–water partition coefficient (Wildman–Crippen LogP) is 2.84. The van der Waals surface area contributed by atoms with Crippen molar-refractivity contribution >= 4 is 23.5 Å². The summed E-state index contributed by atoms with van der Waals surface area (Å²) >= 11 is 0. The number of rotatable bonds is 1. The van der Waals surface area contributed by atoms with Crippen molar-refractivity contribution in [3.05, 3.63) is 36.0 Å². The fourth-order valence-corrected chi connectivity index (χ4v) is 2.29. The Morgan fingerprint density at radius 3 is 2.45 bits per heavy atom. The average molecular weight is 272 g/mol. The molecule has 0 bridgehead atoms. The zero-order valence-electron chi connectivity index (χ0n) is 15.2. The van der Waals surface area contributed by atoms with E-state index in [2.05, 4.69) is 4.98 Å². The molecule has 2 aromatic rings. The Hall–Kier alpha value is -1.39. The molecule has 0 amide bonds. The van der Waals surface area contributed by atoms with E-state index in [4.69, 9.17) is 13.4 Å². The standard InChI is InChI=1S/C16H20BNO2/c1-11-8-9-18-14-7-6-12(10-13(11)14)17-19-15(2,3)16(4,5)20-17/h6-10H,1-5H3/i1D3. The molecule has 0 atom stereocenters. The van der Waals surface area contributed by atoms with Gasteiger partial charge in [-0.25, -0.2) is 0 Å². The monoisotopic (exact) mass is 272 g/mol. The first-order chi connectivity index (χ1) is 10.5.